The van der Waals surface area contributed by atoms with Crippen molar-refractivity contribution in [1.82, 2.24) is 14.5 Å². The van der Waals surface area contributed by atoms with Gasteiger partial charge in [-0.15, -0.1) is 0 Å². The minimum Gasteiger partial charge on any atom is -0.324 e. The first-order chi connectivity index (χ1) is 13.8. The van der Waals surface area contributed by atoms with Crippen molar-refractivity contribution in [2.45, 2.75) is 51.0 Å². The van der Waals surface area contributed by atoms with E-state index in [0.29, 0.717) is 40.9 Å². The van der Waals surface area contributed by atoms with E-state index < -0.39 is 10.0 Å². The number of nitrogens with one attached hydrogen (secondary N) is 2. The van der Waals surface area contributed by atoms with Crippen LogP contribution in [0.15, 0.2) is 34.2 Å². The van der Waals surface area contributed by atoms with Crippen molar-refractivity contribution in [2.75, 3.05) is 11.9 Å². The van der Waals surface area contributed by atoms with Crippen LogP contribution in [0.5, 0.6) is 0 Å². The molecule has 0 saturated heterocycles. The predicted molar refractivity (Wildman–Crippen MR) is 113 cm³/mol. The van der Waals surface area contributed by atoms with E-state index in [0.717, 1.165) is 19.3 Å². The number of rotatable bonds is 5. The number of aryl methyl sites for hydroxylation is 1. The summed E-state index contributed by atoms with van der Waals surface area (Å²) in [5, 5.41) is 7.50. The van der Waals surface area contributed by atoms with Crippen molar-refractivity contribution in [3.8, 4) is 0 Å². The SMILES string of the molecule is Cc1nn(CC(=O)Nc2ccc(S(=O)(=O)NC3=NCCCCC3)cc2)c(C)c1Cl. The van der Waals surface area contributed by atoms with Crippen molar-refractivity contribution in [1.29, 1.82) is 0 Å². The van der Waals surface area contributed by atoms with Gasteiger partial charge in [0, 0.05) is 18.7 Å². The second-order valence-electron chi connectivity index (χ2n) is 6.96. The maximum absolute atomic E-state index is 12.6. The first-order valence-electron chi connectivity index (χ1n) is 9.42. The Balaban J connectivity index is 1.63. The van der Waals surface area contributed by atoms with Crippen molar-refractivity contribution in [3.63, 3.8) is 0 Å². The van der Waals surface area contributed by atoms with Gasteiger partial charge in [-0.05, 0) is 51.0 Å². The summed E-state index contributed by atoms with van der Waals surface area (Å²) >= 11 is 6.09. The molecule has 156 valence electrons. The molecular weight excluding hydrogens is 414 g/mol. The number of carbonyl (C=O) groups excluding carboxylic acids is 1. The molecule has 0 bridgehead atoms. The van der Waals surface area contributed by atoms with E-state index in [1.165, 1.54) is 16.8 Å². The van der Waals surface area contributed by atoms with Crippen LogP contribution in [0.1, 0.15) is 37.1 Å². The molecule has 0 atom stereocenters. The molecule has 29 heavy (non-hydrogen) atoms. The lowest BCUT2D eigenvalue weighted by atomic mass is 10.2. The third kappa shape index (κ3) is 5.36. The first-order valence-corrected chi connectivity index (χ1v) is 11.3. The molecule has 0 fully saturated rings. The number of hydrogen-bond donors (Lipinski definition) is 2. The van der Waals surface area contributed by atoms with E-state index in [-0.39, 0.29) is 17.3 Å². The zero-order valence-electron chi connectivity index (χ0n) is 16.4. The summed E-state index contributed by atoms with van der Waals surface area (Å²) in [6.45, 7) is 4.22. The topological polar surface area (TPSA) is 105 Å². The van der Waals surface area contributed by atoms with Gasteiger partial charge in [-0.1, -0.05) is 18.0 Å². The molecule has 1 aromatic heterocycles. The number of benzene rings is 1. The molecule has 2 heterocycles. The highest BCUT2D eigenvalue weighted by atomic mass is 35.5. The summed E-state index contributed by atoms with van der Waals surface area (Å²) in [5.41, 5.74) is 1.87. The van der Waals surface area contributed by atoms with Gasteiger partial charge in [0.05, 0.1) is 21.3 Å². The number of halogens is 1. The Morgan fingerprint density at radius 1 is 1.17 bits per heavy atom. The number of anilines is 1. The summed E-state index contributed by atoms with van der Waals surface area (Å²) in [4.78, 5) is 16.7. The second kappa shape index (κ2) is 8.96. The average Bonchev–Trinajstić information content (AvgIpc) is 2.86. The van der Waals surface area contributed by atoms with Crippen LogP contribution >= 0.6 is 11.6 Å². The van der Waals surface area contributed by atoms with E-state index in [1.807, 2.05) is 0 Å². The highest BCUT2D eigenvalue weighted by Gasteiger charge is 2.18. The minimum atomic E-state index is -3.70. The number of aromatic nitrogens is 2. The maximum Gasteiger partial charge on any atom is 0.262 e. The Labute approximate surface area is 175 Å². The van der Waals surface area contributed by atoms with Gasteiger partial charge in [-0.3, -0.25) is 19.2 Å². The quantitative estimate of drug-likeness (QED) is 0.749. The normalized spacial score (nSPS) is 14.8. The number of amides is 1. The van der Waals surface area contributed by atoms with Crippen LogP contribution in [0, 0.1) is 13.8 Å². The van der Waals surface area contributed by atoms with Gasteiger partial charge in [0.1, 0.15) is 12.4 Å². The molecule has 1 amide bonds. The largest absolute Gasteiger partial charge is 0.324 e. The molecule has 8 nitrogen and oxygen atoms in total. The fourth-order valence-corrected chi connectivity index (χ4v) is 4.28. The number of nitrogens with zero attached hydrogens (tertiary/aromatic N) is 3. The molecule has 0 saturated carbocycles. The van der Waals surface area contributed by atoms with E-state index in [9.17, 15) is 13.2 Å². The van der Waals surface area contributed by atoms with Gasteiger partial charge in [0.15, 0.2) is 0 Å². The van der Waals surface area contributed by atoms with Crippen molar-refractivity contribution in [3.05, 3.63) is 40.7 Å². The van der Waals surface area contributed by atoms with Crippen LogP contribution < -0.4 is 10.0 Å². The zero-order chi connectivity index (χ0) is 21.0. The van der Waals surface area contributed by atoms with Gasteiger partial charge in [0.25, 0.3) is 10.0 Å². The maximum atomic E-state index is 12.6. The smallest absolute Gasteiger partial charge is 0.262 e. The number of amidine groups is 1. The lowest BCUT2D eigenvalue weighted by molar-refractivity contribution is -0.116. The standard InChI is InChI=1S/C19H24ClN5O3S/c1-13-19(20)14(2)25(23-13)12-18(26)22-15-7-9-16(10-8-15)29(27,28)24-17-6-4-3-5-11-21-17/h7-10H,3-6,11-12H2,1-2H3,(H,21,24)(H,22,26). The van der Waals surface area contributed by atoms with Gasteiger partial charge in [0.2, 0.25) is 5.91 Å². The lowest BCUT2D eigenvalue weighted by Gasteiger charge is -2.11. The molecule has 2 aromatic rings. The average molecular weight is 438 g/mol. The summed E-state index contributed by atoms with van der Waals surface area (Å²) in [5.74, 6) is 0.220. The Morgan fingerprint density at radius 3 is 2.55 bits per heavy atom. The predicted octanol–water partition coefficient (Wildman–Crippen LogP) is 3.04. The van der Waals surface area contributed by atoms with Crippen molar-refractivity contribution >= 4 is 39.1 Å². The van der Waals surface area contributed by atoms with Crippen LogP contribution in [0.25, 0.3) is 0 Å². The van der Waals surface area contributed by atoms with Crippen molar-refractivity contribution < 1.29 is 13.2 Å². The van der Waals surface area contributed by atoms with Crippen LogP contribution in [0.4, 0.5) is 5.69 Å². The first kappa shape index (κ1) is 21.3. The molecule has 0 unspecified atom stereocenters. The number of aliphatic imine (C=N–C) groups is 1. The summed E-state index contributed by atoms with van der Waals surface area (Å²) in [7, 11) is -3.70. The minimum absolute atomic E-state index is 0.0147. The fraction of sp³-hybridized carbons (Fsp3) is 0.421. The summed E-state index contributed by atoms with van der Waals surface area (Å²) < 4.78 is 29.2. The highest BCUT2D eigenvalue weighted by Crippen LogP contribution is 2.19. The molecule has 1 aromatic carbocycles. The summed E-state index contributed by atoms with van der Waals surface area (Å²) in [6, 6.07) is 6.01. The van der Waals surface area contributed by atoms with E-state index in [4.69, 9.17) is 11.6 Å². The van der Waals surface area contributed by atoms with Crippen LogP contribution in [0.3, 0.4) is 0 Å². The summed E-state index contributed by atoms with van der Waals surface area (Å²) in [6.07, 6.45) is 3.58. The number of sulfonamides is 1. The molecule has 0 aliphatic carbocycles. The molecule has 3 rings (SSSR count). The molecule has 1 aliphatic rings. The monoisotopic (exact) mass is 437 g/mol. The number of carbonyl (C=O) groups is 1. The lowest BCUT2D eigenvalue weighted by Crippen LogP contribution is -2.30. The van der Waals surface area contributed by atoms with E-state index >= 15 is 0 Å². The Morgan fingerprint density at radius 2 is 1.90 bits per heavy atom. The third-order valence-electron chi connectivity index (χ3n) is 4.66. The van der Waals surface area contributed by atoms with Gasteiger partial charge in [-0.25, -0.2) is 8.42 Å². The number of hydrogen-bond acceptors (Lipinski definition) is 5. The van der Waals surface area contributed by atoms with Gasteiger partial charge in [-0.2, -0.15) is 5.10 Å². The van der Waals surface area contributed by atoms with Crippen LogP contribution in [-0.2, 0) is 21.4 Å². The molecule has 0 radical (unpaired) electrons. The van der Waals surface area contributed by atoms with Gasteiger partial charge >= 0.3 is 0 Å². The van der Waals surface area contributed by atoms with Crippen LogP contribution in [0.2, 0.25) is 5.02 Å². The van der Waals surface area contributed by atoms with E-state index in [2.05, 4.69) is 20.1 Å². The molecule has 10 heteroatoms. The Bertz CT molecular complexity index is 1030. The Hall–Kier alpha value is -2.39. The van der Waals surface area contributed by atoms with Gasteiger partial charge < -0.3 is 5.32 Å². The highest BCUT2D eigenvalue weighted by molar-refractivity contribution is 7.90. The molecule has 1 aliphatic heterocycles. The zero-order valence-corrected chi connectivity index (χ0v) is 18.0. The van der Waals surface area contributed by atoms with Crippen molar-refractivity contribution in [2.24, 2.45) is 4.99 Å². The molecule has 0 spiro atoms. The Kier molecular flexibility index (Phi) is 6.59. The molecule has 2 N–H and O–H groups in total. The molecular formula is C19H24ClN5O3S. The second-order valence-corrected chi connectivity index (χ2v) is 9.02. The van der Waals surface area contributed by atoms with Crippen LogP contribution in [-0.4, -0.2) is 36.5 Å². The van der Waals surface area contributed by atoms with E-state index in [1.54, 1.807) is 26.0 Å². The fourth-order valence-electron chi connectivity index (χ4n) is 3.05. The third-order valence-corrected chi connectivity index (χ3v) is 6.61.